The highest BCUT2D eigenvalue weighted by atomic mass is 79.9. The normalized spacial score (nSPS) is 18.5. The zero-order chi connectivity index (χ0) is 12.7. The summed E-state index contributed by atoms with van der Waals surface area (Å²) >= 11 is 3.19. The van der Waals surface area contributed by atoms with Crippen LogP contribution in [0.5, 0.6) is 0 Å². The molecule has 0 saturated heterocycles. The fourth-order valence-corrected chi connectivity index (χ4v) is 2.68. The molecule has 0 aliphatic heterocycles. The summed E-state index contributed by atoms with van der Waals surface area (Å²) in [5, 5.41) is 8.89. The van der Waals surface area contributed by atoms with Gasteiger partial charge in [-0.25, -0.2) is 4.39 Å². The summed E-state index contributed by atoms with van der Waals surface area (Å²) in [4.78, 5) is 2.19. The van der Waals surface area contributed by atoms with Crippen molar-refractivity contribution in [1.29, 1.82) is 5.26 Å². The van der Waals surface area contributed by atoms with Crippen molar-refractivity contribution < 1.29 is 4.39 Å². The lowest BCUT2D eigenvalue weighted by Crippen LogP contribution is -2.29. The van der Waals surface area contributed by atoms with Gasteiger partial charge < -0.3 is 4.90 Å². The van der Waals surface area contributed by atoms with Crippen LogP contribution in [-0.4, -0.2) is 12.6 Å². The Morgan fingerprint density at radius 1 is 1.33 bits per heavy atom. The number of nitriles is 1. The molecule has 94 valence electrons. The topological polar surface area (TPSA) is 27.0 Å². The molecule has 0 atom stereocenters. The van der Waals surface area contributed by atoms with Crippen LogP contribution in [0.3, 0.4) is 0 Å². The van der Waals surface area contributed by atoms with Gasteiger partial charge in [-0.2, -0.15) is 5.26 Å². The van der Waals surface area contributed by atoms with Crippen molar-refractivity contribution in [3.05, 3.63) is 28.0 Å². The standard InChI is InChI=1S/C14H14BrFN2/c15-13-10(7-17)3-6-12(14(13)16)18(11-4-5-11)8-9-1-2-9/h3,6,9,11H,1-2,4-5,8H2. The fraction of sp³-hybridized carbons (Fsp3) is 0.500. The van der Waals surface area contributed by atoms with Crippen molar-refractivity contribution in [2.24, 2.45) is 5.92 Å². The van der Waals surface area contributed by atoms with E-state index in [9.17, 15) is 4.39 Å². The lowest BCUT2D eigenvalue weighted by atomic mass is 10.2. The third kappa shape index (κ3) is 2.24. The van der Waals surface area contributed by atoms with Crippen molar-refractivity contribution in [2.75, 3.05) is 11.4 Å². The Hall–Kier alpha value is -1.08. The SMILES string of the molecule is N#Cc1ccc(N(CC2CC2)C2CC2)c(F)c1Br. The second-order valence-electron chi connectivity index (χ2n) is 5.20. The molecule has 0 amide bonds. The maximum absolute atomic E-state index is 14.3. The summed E-state index contributed by atoms with van der Waals surface area (Å²) in [6.45, 7) is 0.958. The highest BCUT2D eigenvalue weighted by Gasteiger charge is 2.35. The van der Waals surface area contributed by atoms with Gasteiger partial charge in [-0.1, -0.05) is 0 Å². The van der Waals surface area contributed by atoms with E-state index in [0.717, 1.165) is 25.3 Å². The minimum absolute atomic E-state index is 0.290. The quantitative estimate of drug-likeness (QED) is 0.845. The molecule has 2 aliphatic rings. The molecule has 0 heterocycles. The Bertz CT molecular complexity index is 515. The second kappa shape index (κ2) is 4.55. The fourth-order valence-electron chi connectivity index (χ4n) is 2.26. The van der Waals surface area contributed by atoms with Crippen LogP contribution in [0.2, 0.25) is 0 Å². The number of rotatable bonds is 4. The van der Waals surface area contributed by atoms with Crippen molar-refractivity contribution in [2.45, 2.75) is 31.7 Å². The molecule has 2 fully saturated rings. The number of nitrogens with zero attached hydrogens (tertiary/aromatic N) is 2. The zero-order valence-electron chi connectivity index (χ0n) is 10.00. The highest BCUT2D eigenvalue weighted by molar-refractivity contribution is 9.10. The summed E-state index contributed by atoms with van der Waals surface area (Å²) < 4.78 is 14.6. The minimum Gasteiger partial charge on any atom is -0.366 e. The molecule has 4 heteroatoms. The summed E-state index contributed by atoms with van der Waals surface area (Å²) in [5.41, 5.74) is 1.01. The van der Waals surface area contributed by atoms with E-state index in [1.54, 1.807) is 12.1 Å². The smallest absolute Gasteiger partial charge is 0.161 e. The predicted octanol–water partition coefficient (Wildman–Crippen LogP) is 3.84. The molecule has 2 nitrogen and oxygen atoms in total. The van der Waals surface area contributed by atoms with Gasteiger partial charge in [0.2, 0.25) is 0 Å². The van der Waals surface area contributed by atoms with E-state index in [2.05, 4.69) is 20.8 Å². The Balaban J connectivity index is 1.93. The van der Waals surface area contributed by atoms with Gasteiger partial charge in [0.15, 0.2) is 5.82 Å². The maximum atomic E-state index is 14.3. The van der Waals surface area contributed by atoms with Crippen molar-refractivity contribution in [3.63, 3.8) is 0 Å². The van der Waals surface area contributed by atoms with Gasteiger partial charge in [0.1, 0.15) is 6.07 Å². The predicted molar refractivity (Wildman–Crippen MR) is 71.9 cm³/mol. The molecule has 0 bridgehead atoms. The van der Waals surface area contributed by atoms with Gasteiger partial charge in [0.25, 0.3) is 0 Å². The van der Waals surface area contributed by atoms with Gasteiger partial charge in [-0.3, -0.25) is 0 Å². The van der Waals surface area contributed by atoms with E-state index in [1.807, 2.05) is 6.07 Å². The van der Waals surface area contributed by atoms with Crippen LogP contribution in [-0.2, 0) is 0 Å². The average molecular weight is 309 g/mol. The lowest BCUT2D eigenvalue weighted by Gasteiger charge is -2.25. The van der Waals surface area contributed by atoms with Crippen LogP contribution < -0.4 is 4.90 Å². The summed E-state index contributed by atoms with van der Waals surface area (Å²) in [7, 11) is 0. The molecular formula is C14H14BrFN2. The van der Waals surface area contributed by atoms with E-state index in [1.165, 1.54) is 12.8 Å². The number of halogens is 2. The molecule has 18 heavy (non-hydrogen) atoms. The van der Waals surface area contributed by atoms with Crippen molar-refractivity contribution >= 4 is 21.6 Å². The van der Waals surface area contributed by atoms with Gasteiger partial charge in [-0.15, -0.1) is 0 Å². The number of benzene rings is 1. The van der Waals surface area contributed by atoms with Crippen LogP contribution in [0.1, 0.15) is 31.2 Å². The minimum atomic E-state index is -0.290. The largest absolute Gasteiger partial charge is 0.366 e. The Morgan fingerprint density at radius 3 is 2.61 bits per heavy atom. The van der Waals surface area contributed by atoms with Crippen LogP contribution >= 0.6 is 15.9 Å². The molecule has 0 spiro atoms. The van der Waals surface area contributed by atoms with Gasteiger partial charge in [0.05, 0.1) is 15.7 Å². The monoisotopic (exact) mass is 308 g/mol. The zero-order valence-corrected chi connectivity index (χ0v) is 11.6. The van der Waals surface area contributed by atoms with E-state index >= 15 is 0 Å². The van der Waals surface area contributed by atoms with Crippen LogP contribution in [0, 0.1) is 23.1 Å². The summed E-state index contributed by atoms with van der Waals surface area (Å²) in [5.74, 6) is 0.445. The van der Waals surface area contributed by atoms with Gasteiger partial charge in [-0.05, 0) is 59.7 Å². The third-order valence-corrected chi connectivity index (χ3v) is 4.41. The molecule has 0 N–H and O–H groups in total. The molecule has 0 unspecified atom stereocenters. The number of hydrogen-bond donors (Lipinski definition) is 0. The van der Waals surface area contributed by atoms with Crippen molar-refractivity contribution in [3.8, 4) is 6.07 Å². The molecule has 1 aromatic rings. The number of anilines is 1. The van der Waals surface area contributed by atoms with Crippen LogP contribution in [0.25, 0.3) is 0 Å². The molecule has 1 aromatic carbocycles. The van der Waals surface area contributed by atoms with Gasteiger partial charge >= 0.3 is 0 Å². The summed E-state index contributed by atoms with van der Waals surface area (Å²) in [6.07, 6.45) is 4.85. The Kier molecular flexibility index (Phi) is 3.03. The van der Waals surface area contributed by atoms with E-state index in [0.29, 0.717) is 21.8 Å². The van der Waals surface area contributed by atoms with Crippen LogP contribution in [0.4, 0.5) is 10.1 Å². The summed E-state index contributed by atoms with van der Waals surface area (Å²) in [6, 6.07) is 5.94. The second-order valence-corrected chi connectivity index (χ2v) is 5.99. The first-order chi connectivity index (χ1) is 8.70. The molecule has 2 saturated carbocycles. The average Bonchev–Trinajstić information content (AvgIpc) is 3.24. The first kappa shape index (κ1) is 12.0. The molecular weight excluding hydrogens is 295 g/mol. The molecule has 0 radical (unpaired) electrons. The van der Waals surface area contributed by atoms with Crippen LogP contribution in [0.15, 0.2) is 16.6 Å². The maximum Gasteiger partial charge on any atom is 0.161 e. The number of hydrogen-bond acceptors (Lipinski definition) is 2. The van der Waals surface area contributed by atoms with Gasteiger partial charge in [0, 0.05) is 12.6 Å². The highest BCUT2D eigenvalue weighted by Crippen LogP contribution is 2.40. The molecule has 0 aromatic heterocycles. The molecule has 2 aliphatic carbocycles. The third-order valence-electron chi connectivity index (χ3n) is 3.63. The Morgan fingerprint density at radius 2 is 2.06 bits per heavy atom. The van der Waals surface area contributed by atoms with Crippen molar-refractivity contribution in [1.82, 2.24) is 0 Å². The van der Waals surface area contributed by atoms with E-state index in [-0.39, 0.29) is 5.82 Å². The first-order valence-corrected chi connectivity index (χ1v) is 7.14. The van der Waals surface area contributed by atoms with E-state index in [4.69, 9.17) is 5.26 Å². The first-order valence-electron chi connectivity index (χ1n) is 6.35. The molecule has 3 rings (SSSR count). The lowest BCUT2D eigenvalue weighted by molar-refractivity contribution is 0.603. The van der Waals surface area contributed by atoms with E-state index < -0.39 is 0 Å². The Labute approximate surface area is 115 Å².